The van der Waals surface area contributed by atoms with Crippen LogP contribution >= 0.6 is 0 Å². The Bertz CT molecular complexity index is 130. The SMILES string of the molecule is [CH2]CC(CC)C(=O)NCCCCC. The molecule has 0 bridgehead atoms. The molecule has 1 atom stereocenters. The lowest BCUT2D eigenvalue weighted by molar-refractivity contribution is -0.125. The van der Waals surface area contributed by atoms with E-state index < -0.39 is 0 Å². The summed E-state index contributed by atoms with van der Waals surface area (Å²) < 4.78 is 0. The second kappa shape index (κ2) is 8.09. The number of carbonyl (C=O) groups is 1. The lowest BCUT2D eigenvalue weighted by atomic mass is 10.0. The Labute approximate surface area is 82.1 Å². The molecular formula is C11H22NO. The summed E-state index contributed by atoms with van der Waals surface area (Å²) in [5.74, 6) is 0.287. The first-order chi connectivity index (χ1) is 6.26. The summed E-state index contributed by atoms with van der Waals surface area (Å²) in [6.07, 6.45) is 5.08. The van der Waals surface area contributed by atoms with Gasteiger partial charge in [0.05, 0.1) is 0 Å². The van der Waals surface area contributed by atoms with Gasteiger partial charge >= 0.3 is 0 Å². The lowest BCUT2D eigenvalue weighted by Crippen LogP contribution is -2.30. The highest BCUT2D eigenvalue weighted by atomic mass is 16.1. The van der Waals surface area contributed by atoms with Gasteiger partial charge in [0.1, 0.15) is 0 Å². The summed E-state index contributed by atoms with van der Waals surface area (Å²) in [4.78, 5) is 11.4. The Kier molecular flexibility index (Phi) is 7.76. The average molecular weight is 184 g/mol. The van der Waals surface area contributed by atoms with E-state index in [2.05, 4.69) is 19.2 Å². The van der Waals surface area contributed by atoms with E-state index in [1.807, 2.05) is 6.92 Å². The molecular weight excluding hydrogens is 162 g/mol. The third-order valence-corrected chi connectivity index (χ3v) is 2.29. The molecule has 0 aromatic carbocycles. The number of rotatable bonds is 7. The maximum absolute atomic E-state index is 11.4. The molecule has 0 fully saturated rings. The van der Waals surface area contributed by atoms with Crippen molar-refractivity contribution < 1.29 is 4.79 Å². The monoisotopic (exact) mass is 184 g/mol. The summed E-state index contributed by atoms with van der Waals surface area (Å²) in [6, 6.07) is 0. The lowest BCUT2D eigenvalue weighted by Gasteiger charge is -2.12. The van der Waals surface area contributed by atoms with Crippen LogP contribution in [0.1, 0.15) is 46.0 Å². The smallest absolute Gasteiger partial charge is 0.223 e. The molecule has 1 N–H and O–H groups in total. The molecule has 1 radical (unpaired) electrons. The number of hydrogen-bond donors (Lipinski definition) is 1. The number of hydrogen-bond acceptors (Lipinski definition) is 1. The van der Waals surface area contributed by atoms with Gasteiger partial charge in [0.2, 0.25) is 5.91 Å². The molecule has 13 heavy (non-hydrogen) atoms. The number of nitrogens with one attached hydrogen (secondary N) is 1. The van der Waals surface area contributed by atoms with Crippen LogP contribution in [0.25, 0.3) is 0 Å². The standard InChI is InChI=1S/C11H22NO/c1-4-7-8-9-12-11(13)10(5-2)6-3/h10H,2,4-9H2,1,3H3,(H,12,13). The van der Waals surface area contributed by atoms with E-state index in [4.69, 9.17) is 0 Å². The minimum atomic E-state index is 0.113. The van der Waals surface area contributed by atoms with Crippen molar-refractivity contribution in [3.05, 3.63) is 6.92 Å². The zero-order valence-corrected chi connectivity index (χ0v) is 8.94. The maximum Gasteiger partial charge on any atom is 0.223 e. The van der Waals surface area contributed by atoms with Crippen molar-refractivity contribution in [2.45, 2.75) is 46.0 Å². The first-order valence-corrected chi connectivity index (χ1v) is 5.33. The molecule has 2 heteroatoms. The maximum atomic E-state index is 11.4. The summed E-state index contributed by atoms with van der Waals surface area (Å²) in [6.45, 7) is 8.77. The zero-order chi connectivity index (χ0) is 10.1. The summed E-state index contributed by atoms with van der Waals surface area (Å²) in [7, 11) is 0. The van der Waals surface area contributed by atoms with E-state index in [0.29, 0.717) is 6.42 Å². The second-order valence-corrected chi connectivity index (χ2v) is 3.39. The molecule has 0 aromatic rings. The van der Waals surface area contributed by atoms with Crippen molar-refractivity contribution in [3.63, 3.8) is 0 Å². The fraction of sp³-hybridized carbons (Fsp3) is 0.818. The molecule has 0 spiro atoms. The van der Waals surface area contributed by atoms with Crippen LogP contribution in [-0.4, -0.2) is 12.5 Å². The van der Waals surface area contributed by atoms with Crippen LogP contribution in [-0.2, 0) is 4.79 Å². The van der Waals surface area contributed by atoms with Crippen molar-refractivity contribution in [3.8, 4) is 0 Å². The topological polar surface area (TPSA) is 29.1 Å². The Morgan fingerprint density at radius 1 is 1.38 bits per heavy atom. The second-order valence-electron chi connectivity index (χ2n) is 3.39. The summed E-state index contributed by atoms with van der Waals surface area (Å²) in [5.41, 5.74) is 0. The fourth-order valence-corrected chi connectivity index (χ4v) is 1.25. The van der Waals surface area contributed by atoms with Crippen molar-refractivity contribution >= 4 is 5.91 Å². The predicted molar refractivity (Wildman–Crippen MR) is 56.3 cm³/mol. The van der Waals surface area contributed by atoms with Gasteiger partial charge in [-0.3, -0.25) is 4.79 Å². The van der Waals surface area contributed by atoms with Crippen LogP contribution in [0, 0.1) is 12.8 Å². The summed E-state index contributed by atoms with van der Waals surface area (Å²) >= 11 is 0. The number of amides is 1. The van der Waals surface area contributed by atoms with Gasteiger partial charge in [0.15, 0.2) is 0 Å². The normalized spacial score (nSPS) is 10.5. The molecule has 1 unspecified atom stereocenters. The van der Waals surface area contributed by atoms with Crippen LogP contribution < -0.4 is 5.32 Å². The molecule has 0 rings (SSSR count). The third-order valence-electron chi connectivity index (χ3n) is 2.29. The zero-order valence-electron chi connectivity index (χ0n) is 8.94. The van der Waals surface area contributed by atoms with Gasteiger partial charge in [-0.2, -0.15) is 0 Å². The molecule has 0 heterocycles. The van der Waals surface area contributed by atoms with Crippen molar-refractivity contribution in [1.29, 1.82) is 0 Å². The van der Waals surface area contributed by atoms with Gasteiger partial charge in [-0.15, -0.1) is 0 Å². The fourth-order valence-electron chi connectivity index (χ4n) is 1.25. The largest absolute Gasteiger partial charge is 0.356 e. The van der Waals surface area contributed by atoms with E-state index in [0.717, 1.165) is 19.4 Å². The van der Waals surface area contributed by atoms with Crippen LogP contribution in [0.15, 0.2) is 0 Å². The molecule has 77 valence electrons. The van der Waals surface area contributed by atoms with Crippen LogP contribution in [0.5, 0.6) is 0 Å². The van der Waals surface area contributed by atoms with E-state index >= 15 is 0 Å². The molecule has 1 amide bonds. The van der Waals surface area contributed by atoms with Crippen molar-refractivity contribution in [2.75, 3.05) is 6.54 Å². The van der Waals surface area contributed by atoms with Gasteiger partial charge in [0, 0.05) is 12.5 Å². The first kappa shape index (κ1) is 12.5. The Balaban J connectivity index is 3.48. The molecule has 0 aliphatic carbocycles. The highest BCUT2D eigenvalue weighted by Crippen LogP contribution is 2.06. The number of unbranched alkanes of at least 4 members (excludes halogenated alkanes) is 2. The Morgan fingerprint density at radius 2 is 2.08 bits per heavy atom. The van der Waals surface area contributed by atoms with Gasteiger partial charge < -0.3 is 5.32 Å². The van der Waals surface area contributed by atoms with E-state index in [1.54, 1.807) is 0 Å². The highest BCUT2D eigenvalue weighted by Gasteiger charge is 2.12. The van der Waals surface area contributed by atoms with Gasteiger partial charge in [0.25, 0.3) is 0 Å². The van der Waals surface area contributed by atoms with Crippen molar-refractivity contribution in [1.82, 2.24) is 5.32 Å². The van der Waals surface area contributed by atoms with Crippen LogP contribution in [0.4, 0.5) is 0 Å². The Hall–Kier alpha value is -0.530. The first-order valence-electron chi connectivity index (χ1n) is 5.33. The van der Waals surface area contributed by atoms with E-state index in [1.165, 1.54) is 12.8 Å². The Morgan fingerprint density at radius 3 is 2.54 bits per heavy atom. The molecule has 0 aliphatic heterocycles. The molecule has 0 aromatic heterocycles. The van der Waals surface area contributed by atoms with E-state index in [9.17, 15) is 4.79 Å². The summed E-state index contributed by atoms with van der Waals surface area (Å²) in [5, 5.41) is 2.94. The highest BCUT2D eigenvalue weighted by molar-refractivity contribution is 5.78. The molecule has 0 aliphatic rings. The minimum Gasteiger partial charge on any atom is -0.356 e. The van der Waals surface area contributed by atoms with Crippen LogP contribution in [0.2, 0.25) is 0 Å². The number of carbonyl (C=O) groups excluding carboxylic acids is 1. The molecule has 2 nitrogen and oxygen atoms in total. The molecule has 0 saturated carbocycles. The van der Waals surface area contributed by atoms with Gasteiger partial charge in [-0.1, -0.05) is 33.6 Å². The third kappa shape index (κ3) is 5.67. The quantitative estimate of drug-likeness (QED) is 0.605. The molecule has 0 saturated heterocycles. The van der Waals surface area contributed by atoms with Gasteiger partial charge in [-0.25, -0.2) is 0 Å². The average Bonchev–Trinajstić information content (AvgIpc) is 2.14. The van der Waals surface area contributed by atoms with Gasteiger partial charge in [-0.05, 0) is 19.3 Å². The van der Waals surface area contributed by atoms with E-state index in [-0.39, 0.29) is 11.8 Å². The van der Waals surface area contributed by atoms with Crippen LogP contribution in [0.3, 0.4) is 0 Å². The predicted octanol–water partition coefficient (Wildman–Crippen LogP) is 2.54. The van der Waals surface area contributed by atoms with Crippen molar-refractivity contribution in [2.24, 2.45) is 5.92 Å². The minimum absolute atomic E-state index is 0.113.